The maximum Gasteiger partial charge on any atom is 0.306 e. The van der Waals surface area contributed by atoms with E-state index in [1.165, 1.54) is 14.0 Å². The zero-order valence-corrected chi connectivity index (χ0v) is 45.7. The Labute approximate surface area is 453 Å². The quantitative estimate of drug-likeness (QED) is 0.0338. The molecule has 3 aliphatic rings. The number of esters is 2. The van der Waals surface area contributed by atoms with Crippen molar-refractivity contribution < 1.29 is 71.3 Å². The molecule has 0 aromatic heterocycles. The molecule has 0 radical (unpaired) electrons. The molecule has 5 aromatic rings. The van der Waals surface area contributed by atoms with Gasteiger partial charge in [-0.25, -0.2) is 0 Å². The predicted molar refractivity (Wildman–Crippen MR) is 288 cm³/mol. The van der Waals surface area contributed by atoms with Crippen molar-refractivity contribution in [3.05, 3.63) is 168 Å². The van der Waals surface area contributed by atoms with Crippen LogP contribution in [0.1, 0.15) is 89.2 Å². The highest BCUT2D eigenvalue weighted by molar-refractivity contribution is 6.99. The number of unbranched alkanes of at least 4 members (excludes halogenated alkanes) is 2. The highest BCUT2D eigenvalue weighted by Gasteiger charge is 2.57. The highest BCUT2D eigenvalue weighted by Crippen LogP contribution is 2.41. The lowest BCUT2D eigenvalue weighted by Gasteiger charge is -2.51. The Bertz CT molecular complexity index is 2530. The molecule has 16 heteroatoms. The molecule has 412 valence electrons. The number of benzene rings is 5. The van der Waals surface area contributed by atoms with E-state index in [1.807, 2.05) is 127 Å². The lowest BCUT2D eigenvalue weighted by molar-refractivity contribution is -0.394. The first-order valence-corrected chi connectivity index (χ1v) is 28.6. The van der Waals surface area contributed by atoms with Crippen molar-refractivity contribution in [2.75, 3.05) is 26.9 Å². The second-order valence-electron chi connectivity index (χ2n) is 20.8. The van der Waals surface area contributed by atoms with Gasteiger partial charge in [0, 0.05) is 25.0 Å². The van der Waals surface area contributed by atoms with Crippen LogP contribution in [0.3, 0.4) is 0 Å². The van der Waals surface area contributed by atoms with Gasteiger partial charge in [0.15, 0.2) is 25.0 Å². The van der Waals surface area contributed by atoms with Gasteiger partial charge in [0.05, 0.1) is 40.0 Å². The fourth-order valence-electron chi connectivity index (χ4n) is 10.3. The molecule has 0 amide bonds. The Hall–Kier alpha value is -5.47. The van der Waals surface area contributed by atoms with Crippen LogP contribution < -0.4 is 10.4 Å². The summed E-state index contributed by atoms with van der Waals surface area (Å²) in [6.45, 7) is 8.25. The third kappa shape index (κ3) is 15.0. The predicted octanol–water partition coefficient (Wildman–Crippen LogP) is 8.07. The number of carbonyl (C=O) groups is 3. The number of Topliss-reactive ketones (excluding diaryl/α,β-unsaturated/α-hetero) is 1. The molecular weight excluding hydrogens is 1000 g/mol. The normalized spacial score (nSPS) is 25.6. The number of ketones is 1. The Morgan fingerprint density at radius 2 is 1.18 bits per heavy atom. The smallest absolute Gasteiger partial charge is 0.306 e. The summed E-state index contributed by atoms with van der Waals surface area (Å²) in [4.78, 5) is 38.3. The molecule has 3 aliphatic heterocycles. The molecule has 3 fully saturated rings. The van der Waals surface area contributed by atoms with Gasteiger partial charge in [-0.1, -0.05) is 179 Å². The molecule has 1 unspecified atom stereocenters. The zero-order chi connectivity index (χ0) is 54.2. The van der Waals surface area contributed by atoms with Crippen LogP contribution in [0, 0.1) is 0 Å². The molecule has 15 nitrogen and oxygen atoms in total. The molecule has 5 aromatic carbocycles. The molecule has 0 spiro atoms. The third-order valence-electron chi connectivity index (χ3n) is 14.2. The number of methoxy groups -OCH3 is 1. The molecule has 8 rings (SSSR count). The van der Waals surface area contributed by atoms with Crippen LogP contribution in [0.4, 0.5) is 0 Å². The van der Waals surface area contributed by atoms with Gasteiger partial charge in [-0.2, -0.15) is 0 Å². The van der Waals surface area contributed by atoms with Gasteiger partial charge < -0.3 is 61.7 Å². The second-order valence-corrected chi connectivity index (χ2v) is 25.1. The van der Waals surface area contributed by atoms with E-state index in [9.17, 15) is 19.5 Å². The van der Waals surface area contributed by atoms with Gasteiger partial charge in [0.1, 0.15) is 48.5 Å². The van der Waals surface area contributed by atoms with Gasteiger partial charge in [-0.3, -0.25) is 9.59 Å². The van der Waals surface area contributed by atoms with E-state index in [1.54, 1.807) is 0 Å². The average molecular weight is 1080 g/mol. The van der Waals surface area contributed by atoms with Crippen LogP contribution in [0.5, 0.6) is 0 Å². The number of aliphatic hydroxyl groups is 1. The Balaban J connectivity index is 1.19. The first-order valence-electron chi connectivity index (χ1n) is 26.7. The Morgan fingerprint density at radius 3 is 1.75 bits per heavy atom. The lowest BCUT2D eigenvalue weighted by Crippen LogP contribution is -2.69. The summed E-state index contributed by atoms with van der Waals surface area (Å²) in [6, 6.07) is 49.3. The van der Waals surface area contributed by atoms with Crippen molar-refractivity contribution in [2.45, 2.75) is 152 Å². The van der Waals surface area contributed by atoms with Crippen molar-refractivity contribution >= 4 is 36.4 Å². The molecule has 11 atom stereocenters. The van der Waals surface area contributed by atoms with Crippen LogP contribution in [-0.4, -0.2) is 119 Å². The largest absolute Gasteiger partial charge is 0.469 e. The standard InChI is InChI=1S/C61H74O15Si/c1-42(62)35-36-51(64)74-53-49(41-71-77(61(2,3)4,46-30-18-9-19-31-46)47-32-20-10-21-33-47)72-59(67-37-23-11-22-34-50(63)66-5)52(65)55(53)76-60-57(69-39-44-26-14-7-15-27-44)56(68-38-43-24-12-6-13-25-43)54-48(73-60)40-70-58(75-54)45-28-16-8-17-29-45/h6-10,12-21,24-33,48-49,52-60,65H,11,22-23,34-41H2,1-5H3/t48-,49-,52-,53+,54+,55-,56+,57-,58?,59-,60-/m1/s1. The summed E-state index contributed by atoms with van der Waals surface area (Å²) in [5, 5.41) is 14.3. The van der Waals surface area contributed by atoms with E-state index in [-0.39, 0.29) is 64.0 Å². The number of hydrogen-bond donors (Lipinski definition) is 1. The first kappa shape index (κ1) is 57.7. The Kier molecular flexibility index (Phi) is 20.9. The van der Waals surface area contributed by atoms with E-state index < -0.39 is 87.0 Å². The molecule has 3 saturated heterocycles. The third-order valence-corrected chi connectivity index (χ3v) is 19.2. The summed E-state index contributed by atoms with van der Waals surface area (Å²) in [5.41, 5.74) is 2.59. The fraction of sp³-hybridized carbons (Fsp3) is 0.459. The van der Waals surface area contributed by atoms with E-state index in [0.717, 1.165) is 27.1 Å². The summed E-state index contributed by atoms with van der Waals surface area (Å²) in [6.07, 6.45) is -10.6. The van der Waals surface area contributed by atoms with E-state index in [4.69, 9.17) is 51.8 Å². The van der Waals surface area contributed by atoms with Crippen molar-refractivity contribution in [2.24, 2.45) is 0 Å². The summed E-state index contributed by atoms with van der Waals surface area (Å²) < 4.78 is 73.0. The summed E-state index contributed by atoms with van der Waals surface area (Å²) in [7, 11) is -1.92. The minimum Gasteiger partial charge on any atom is -0.469 e. The van der Waals surface area contributed by atoms with E-state index >= 15 is 0 Å². The summed E-state index contributed by atoms with van der Waals surface area (Å²) >= 11 is 0. The molecule has 0 saturated carbocycles. The number of carbonyl (C=O) groups excluding carboxylic acids is 3. The molecule has 77 heavy (non-hydrogen) atoms. The second kappa shape index (κ2) is 27.9. The minimum atomic E-state index is -3.28. The van der Waals surface area contributed by atoms with Gasteiger partial charge in [0.25, 0.3) is 8.32 Å². The molecule has 0 aliphatic carbocycles. The topological polar surface area (TPSA) is 173 Å². The van der Waals surface area contributed by atoms with Crippen LogP contribution in [0.25, 0.3) is 0 Å². The monoisotopic (exact) mass is 1070 g/mol. The lowest BCUT2D eigenvalue weighted by atomic mass is 9.95. The van der Waals surface area contributed by atoms with Gasteiger partial charge in [0.2, 0.25) is 0 Å². The number of rotatable bonds is 25. The van der Waals surface area contributed by atoms with Crippen molar-refractivity contribution in [3.63, 3.8) is 0 Å². The van der Waals surface area contributed by atoms with Gasteiger partial charge in [-0.05, 0) is 46.3 Å². The number of fused-ring (bicyclic) bond motifs is 1. The number of aliphatic hydroxyl groups excluding tert-OH is 1. The molecule has 3 heterocycles. The van der Waals surface area contributed by atoms with E-state index in [0.29, 0.717) is 19.3 Å². The highest BCUT2D eigenvalue weighted by atomic mass is 28.4. The molecular formula is C61H74O15Si. The average Bonchev–Trinajstić information content (AvgIpc) is 3.45. The van der Waals surface area contributed by atoms with Crippen molar-refractivity contribution in [1.29, 1.82) is 0 Å². The maximum absolute atomic E-state index is 14.1. The zero-order valence-electron chi connectivity index (χ0n) is 44.7. The van der Waals surface area contributed by atoms with Gasteiger partial charge in [-0.15, -0.1) is 0 Å². The van der Waals surface area contributed by atoms with E-state index in [2.05, 4.69) is 45.0 Å². The van der Waals surface area contributed by atoms with Crippen molar-refractivity contribution in [3.8, 4) is 0 Å². The van der Waals surface area contributed by atoms with Crippen LogP contribution in [0.15, 0.2) is 152 Å². The van der Waals surface area contributed by atoms with Crippen LogP contribution >= 0.6 is 0 Å². The summed E-state index contributed by atoms with van der Waals surface area (Å²) in [5.74, 6) is -1.21. The first-order chi connectivity index (χ1) is 37.3. The SMILES string of the molecule is COC(=O)CCCCCO[C@@H]1O[C@H](CO[Si](c2ccccc2)(c2ccccc2)C(C)(C)C)[C@H](OC(=O)CCC(C)=O)[C@H](O[C@H]2O[C@@H]3COC(c4ccccc4)O[C@@H]3[C@H](OCc3ccccc3)[C@H]2OCc2ccccc2)[C@H]1O. The molecule has 0 bridgehead atoms. The van der Waals surface area contributed by atoms with Crippen molar-refractivity contribution in [1.82, 2.24) is 0 Å². The van der Waals surface area contributed by atoms with Crippen LogP contribution in [0.2, 0.25) is 5.04 Å². The number of ether oxygens (including phenoxy) is 10. The maximum atomic E-state index is 14.1. The van der Waals surface area contributed by atoms with Gasteiger partial charge >= 0.3 is 11.9 Å². The van der Waals surface area contributed by atoms with Crippen LogP contribution in [-0.2, 0) is 79.4 Å². The molecule has 1 N–H and O–H groups in total. The fourth-order valence-corrected chi connectivity index (χ4v) is 14.8. The minimum absolute atomic E-state index is 0.0694. The number of hydrogen-bond acceptors (Lipinski definition) is 15. The Morgan fingerprint density at radius 1 is 0.610 bits per heavy atom.